The minimum absolute atomic E-state index is 0. The van der Waals surface area contributed by atoms with Gasteiger partial charge in [-0.1, -0.05) is 102 Å². The van der Waals surface area contributed by atoms with Crippen LogP contribution in [0.15, 0.2) is 155 Å². The fourth-order valence-electron chi connectivity index (χ4n) is 7.02. The Morgan fingerprint density at radius 3 is 2.05 bits per heavy atom. The zero-order valence-corrected chi connectivity index (χ0v) is 33.2. The van der Waals surface area contributed by atoms with E-state index in [1.807, 2.05) is 73.8 Å². The van der Waals surface area contributed by atoms with E-state index in [2.05, 4.69) is 84.5 Å². The van der Waals surface area contributed by atoms with Crippen molar-refractivity contribution in [2.24, 2.45) is 0 Å². The van der Waals surface area contributed by atoms with Crippen molar-refractivity contribution in [1.29, 1.82) is 0 Å². The predicted octanol–water partition coefficient (Wildman–Crippen LogP) is 12.9. The van der Waals surface area contributed by atoms with Gasteiger partial charge in [0, 0.05) is 49.2 Å². The van der Waals surface area contributed by atoms with E-state index in [-0.39, 0.29) is 31.8 Å². The molecule has 5 nitrogen and oxygen atoms in total. The van der Waals surface area contributed by atoms with Gasteiger partial charge in [-0.05, 0) is 89.5 Å². The van der Waals surface area contributed by atoms with Crippen LogP contribution in [0.25, 0.3) is 77.6 Å². The summed E-state index contributed by atoms with van der Waals surface area (Å²) < 4.78 is 25.7. The third kappa shape index (κ3) is 7.03. The van der Waals surface area contributed by atoms with E-state index >= 15 is 0 Å². The number of aryl methyl sites for hydroxylation is 2. The van der Waals surface area contributed by atoms with Crippen LogP contribution in [0.4, 0.5) is 4.39 Å². The maximum absolute atomic E-state index is 13.4. The van der Waals surface area contributed by atoms with Crippen molar-refractivity contribution in [3.8, 4) is 33.6 Å². The molecule has 1 atom stereocenters. The number of aromatic nitrogens is 3. The molecule has 5 aromatic carbocycles. The summed E-state index contributed by atoms with van der Waals surface area (Å²) in [5.41, 5.74) is 12.8. The Morgan fingerprint density at radius 1 is 0.607 bits per heavy atom. The van der Waals surface area contributed by atoms with Gasteiger partial charge in [0.15, 0.2) is 0 Å². The summed E-state index contributed by atoms with van der Waals surface area (Å²) in [4.78, 5) is 13.9. The molecule has 7 heteroatoms. The van der Waals surface area contributed by atoms with E-state index in [0.29, 0.717) is 11.3 Å². The Bertz CT molecular complexity index is 2970. The Balaban J connectivity index is 0.000000172. The first kappa shape index (κ1) is 36.7. The van der Waals surface area contributed by atoms with Crippen LogP contribution in [0.3, 0.4) is 0 Å². The van der Waals surface area contributed by atoms with E-state index in [1.165, 1.54) is 23.3 Å². The summed E-state index contributed by atoms with van der Waals surface area (Å²) in [6.45, 7) is 6.25. The molecule has 0 amide bonds. The number of nitrogens with zero attached hydrogens (tertiary/aromatic N) is 3. The van der Waals surface area contributed by atoms with Crippen LogP contribution < -0.4 is 0 Å². The molecule has 5 heterocycles. The molecule has 275 valence electrons. The van der Waals surface area contributed by atoms with Crippen LogP contribution in [0.1, 0.15) is 35.2 Å². The first-order chi connectivity index (χ1) is 26.9. The average Bonchev–Trinajstić information content (AvgIpc) is 3.79. The molecule has 0 saturated carbocycles. The Labute approximate surface area is 337 Å². The average molecular weight is 908 g/mol. The second-order valence-electron chi connectivity index (χ2n) is 13.8. The second kappa shape index (κ2) is 15.5. The number of hydrogen-bond donors (Lipinski definition) is 0. The number of rotatable bonds is 5. The second-order valence-corrected chi connectivity index (χ2v) is 13.8. The van der Waals surface area contributed by atoms with Gasteiger partial charge >= 0.3 is 0 Å². The van der Waals surface area contributed by atoms with Gasteiger partial charge in [-0.3, -0.25) is 0 Å². The van der Waals surface area contributed by atoms with Crippen molar-refractivity contribution in [2.75, 3.05) is 0 Å². The summed E-state index contributed by atoms with van der Waals surface area (Å²) in [5, 5.41) is 4.19. The fourth-order valence-corrected chi connectivity index (χ4v) is 7.02. The smallest absolute Gasteiger partial charge is 0.216 e. The van der Waals surface area contributed by atoms with Crippen LogP contribution >= 0.6 is 0 Å². The van der Waals surface area contributed by atoms with Crippen LogP contribution in [-0.4, -0.2) is 15.0 Å². The zero-order chi connectivity index (χ0) is 37.5. The monoisotopic (exact) mass is 908 g/mol. The van der Waals surface area contributed by atoms with Gasteiger partial charge in [0.25, 0.3) is 0 Å². The third-order valence-electron chi connectivity index (χ3n) is 10.0. The van der Waals surface area contributed by atoms with Crippen LogP contribution in [0.5, 0.6) is 0 Å². The first-order valence-corrected chi connectivity index (χ1v) is 18.2. The minimum atomic E-state index is -0.258. The Morgan fingerprint density at radius 2 is 1.30 bits per heavy atom. The van der Waals surface area contributed by atoms with Crippen molar-refractivity contribution < 1.29 is 33.3 Å². The molecule has 56 heavy (non-hydrogen) atoms. The van der Waals surface area contributed by atoms with E-state index in [0.717, 1.165) is 77.6 Å². The SMILES string of the molecule is CC(c1ccccc1)c1ccc2c(n1)oc1c(-c3cc(-c4ccc(F)cc4)ccn3)[c-]ccc12.Cc1ccc(-c2[c-]ccc3c2oc2cc(C)ccc23)nc1.[Ir]. The minimum Gasteiger partial charge on any atom is -0.501 e. The summed E-state index contributed by atoms with van der Waals surface area (Å²) in [7, 11) is 0. The standard InChI is InChI=1S/C30H20FN2O.C19H14NO.Ir/c1-19(20-6-3-2-4-7-20)27-15-14-25-24-8-5-9-26(29(24)34-30(25)33-27)28-18-22(16-17-32-28)21-10-12-23(31)13-11-21;1-12-6-8-14-15-4-3-5-16(19(15)21-18(14)10-12)17-9-7-13(2)11-20-17;/h2-8,10-19H,1H3;3-4,6-11H,1-2H3;/q2*-1;. The van der Waals surface area contributed by atoms with Gasteiger partial charge in [0.05, 0.1) is 16.9 Å². The van der Waals surface area contributed by atoms with Crippen LogP contribution in [0, 0.1) is 31.8 Å². The molecule has 0 fully saturated rings. The third-order valence-corrected chi connectivity index (χ3v) is 10.0. The first-order valence-electron chi connectivity index (χ1n) is 18.2. The molecule has 1 radical (unpaired) electrons. The Kier molecular flexibility index (Phi) is 10.1. The van der Waals surface area contributed by atoms with Crippen molar-refractivity contribution >= 4 is 44.0 Å². The molecule has 0 spiro atoms. The number of pyridine rings is 3. The van der Waals surface area contributed by atoms with Crippen molar-refractivity contribution in [3.05, 3.63) is 186 Å². The summed E-state index contributed by atoms with van der Waals surface area (Å²) in [6, 6.07) is 49.6. The molecule has 0 aliphatic carbocycles. The summed E-state index contributed by atoms with van der Waals surface area (Å²) in [6.07, 6.45) is 3.62. The number of furan rings is 2. The number of halogens is 1. The van der Waals surface area contributed by atoms with Gasteiger partial charge in [0.1, 0.15) is 11.4 Å². The van der Waals surface area contributed by atoms with Gasteiger partial charge in [0.2, 0.25) is 5.71 Å². The van der Waals surface area contributed by atoms with Crippen molar-refractivity contribution in [3.63, 3.8) is 0 Å². The topological polar surface area (TPSA) is 65.0 Å². The molecular formula is C49H34FIrN3O2-2. The maximum atomic E-state index is 13.4. The maximum Gasteiger partial charge on any atom is 0.216 e. The molecule has 0 bridgehead atoms. The van der Waals surface area contributed by atoms with E-state index < -0.39 is 0 Å². The fraction of sp³-hybridized carbons (Fsp3) is 0.0816. The molecule has 0 aliphatic rings. The van der Waals surface area contributed by atoms with Crippen LogP contribution in [0.2, 0.25) is 0 Å². The number of hydrogen-bond acceptors (Lipinski definition) is 5. The molecule has 10 aromatic rings. The van der Waals surface area contributed by atoms with Gasteiger partial charge in [-0.2, -0.15) is 0 Å². The van der Waals surface area contributed by atoms with E-state index in [9.17, 15) is 4.39 Å². The molecule has 0 saturated heterocycles. The van der Waals surface area contributed by atoms with Crippen molar-refractivity contribution in [2.45, 2.75) is 26.7 Å². The van der Waals surface area contributed by atoms with Gasteiger partial charge in [-0.25, -0.2) is 9.37 Å². The van der Waals surface area contributed by atoms with E-state index in [1.54, 1.807) is 18.3 Å². The normalized spacial score (nSPS) is 11.7. The molecular weight excluding hydrogens is 874 g/mol. The quantitative estimate of drug-likeness (QED) is 0.161. The number of benzene rings is 5. The summed E-state index contributed by atoms with van der Waals surface area (Å²) in [5.74, 6) is -0.106. The van der Waals surface area contributed by atoms with Crippen LogP contribution in [-0.2, 0) is 20.1 Å². The van der Waals surface area contributed by atoms with E-state index in [4.69, 9.17) is 13.8 Å². The Hall–Kier alpha value is -6.27. The number of fused-ring (bicyclic) bond motifs is 6. The zero-order valence-electron chi connectivity index (χ0n) is 30.8. The molecule has 5 aromatic heterocycles. The van der Waals surface area contributed by atoms with Crippen molar-refractivity contribution in [1.82, 2.24) is 15.0 Å². The van der Waals surface area contributed by atoms with Gasteiger partial charge in [-0.15, -0.1) is 36.4 Å². The predicted molar refractivity (Wildman–Crippen MR) is 218 cm³/mol. The summed E-state index contributed by atoms with van der Waals surface area (Å²) >= 11 is 0. The molecule has 0 N–H and O–H groups in total. The molecule has 0 aliphatic heterocycles. The largest absolute Gasteiger partial charge is 0.501 e. The van der Waals surface area contributed by atoms with Gasteiger partial charge < -0.3 is 18.8 Å². The molecule has 1 unspecified atom stereocenters. The molecule has 10 rings (SSSR count).